The van der Waals surface area contributed by atoms with E-state index in [0.29, 0.717) is 17.1 Å². The molecule has 7 heteroatoms. The summed E-state index contributed by atoms with van der Waals surface area (Å²) in [6.45, 7) is 5.37. The summed E-state index contributed by atoms with van der Waals surface area (Å²) in [7, 11) is 0. The predicted molar refractivity (Wildman–Crippen MR) is 86.8 cm³/mol. The van der Waals surface area contributed by atoms with Crippen LogP contribution in [0.1, 0.15) is 23.7 Å². The van der Waals surface area contributed by atoms with Gasteiger partial charge in [-0.15, -0.1) is 6.58 Å². The maximum Gasteiger partial charge on any atom is 0.294 e. The van der Waals surface area contributed by atoms with Crippen molar-refractivity contribution in [3.05, 3.63) is 68.3 Å². The highest BCUT2D eigenvalue weighted by Crippen LogP contribution is 2.20. The zero-order valence-electron chi connectivity index (χ0n) is 11.5. The molecule has 1 heterocycles. The largest absolute Gasteiger partial charge is 0.313 e. The molecule has 0 radical (unpaired) electrons. The molecule has 2 rings (SSSR count). The monoisotopic (exact) mass is 322 g/mol. The molecule has 1 atom stereocenters. The first-order chi connectivity index (χ1) is 10.0. The Hall–Kier alpha value is -1.92. The second-order valence-corrected chi connectivity index (χ2v) is 5.34. The first kappa shape index (κ1) is 15.5. The van der Waals surface area contributed by atoms with E-state index in [4.69, 9.17) is 23.8 Å². The quantitative estimate of drug-likeness (QED) is 0.656. The highest BCUT2D eigenvalue weighted by atomic mass is 35.5. The van der Waals surface area contributed by atoms with Crippen LogP contribution in [0, 0.1) is 11.7 Å². The number of rotatable bonds is 5. The lowest BCUT2D eigenvalue weighted by atomic mass is 10.0. The number of nitrogens with one attached hydrogen (secondary N) is 2. The molecule has 0 amide bonds. The van der Waals surface area contributed by atoms with Gasteiger partial charge in [0.25, 0.3) is 5.56 Å². The summed E-state index contributed by atoms with van der Waals surface area (Å²) in [4.78, 5) is 12.1. The van der Waals surface area contributed by atoms with Crippen molar-refractivity contribution in [2.24, 2.45) is 0 Å². The maximum absolute atomic E-state index is 12.1. The van der Waals surface area contributed by atoms with Crippen LogP contribution in [0.4, 0.5) is 0 Å². The first-order valence-corrected chi connectivity index (χ1v) is 7.12. The molecule has 5 nitrogen and oxygen atoms in total. The molecule has 21 heavy (non-hydrogen) atoms. The van der Waals surface area contributed by atoms with Gasteiger partial charge in [0, 0.05) is 5.02 Å². The van der Waals surface area contributed by atoms with Gasteiger partial charge >= 0.3 is 0 Å². The van der Waals surface area contributed by atoms with Gasteiger partial charge in [-0.05, 0) is 43.3 Å². The van der Waals surface area contributed by atoms with Crippen LogP contribution in [-0.2, 0) is 0 Å². The van der Waals surface area contributed by atoms with Crippen molar-refractivity contribution in [3.63, 3.8) is 0 Å². The molecule has 2 aromatic rings. The van der Waals surface area contributed by atoms with Crippen molar-refractivity contribution in [1.29, 1.82) is 0 Å². The van der Waals surface area contributed by atoms with Gasteiger partial charge in [-0.2, -0.15) is 9.77 Å². The maximum atomic E-state index is 12.1. The molecule has 0 saturated carbocycles. The summed E-state index contributed by atoms with van der Waals surface area (Å²) in [5.74, 6) is 0. The fraction of sp³-hybridized carbons (Fsp3) is 0.214. The summed E-state index contributed by atoms with van der Waals surface area (Å²) in [6, 6.07) is 7.26. The van der Waals surface area contributed by atoms with Crippen LogP contribution in [-0.4, -0.2) is 14.9 Å². The zero-order valence-corrected chi connectivity index (χ0v) is 13.0. The lowest BCUT2D eigenvalue weighted by molar-refractivity contribution is 0.629. The molecule has 0 bridgehead atoms. The first-order valence-electron chi connectivity index (χ1n) is 6.34. The van der Waals surface area contributed by atoms with Gasteiger partial charge in [-0.25, -0.2) is 0 Å². The summed E-state index contributed by atoms with van der Waals surface area (Å²) in [5.41, 5.74) is 4.15. The normalized spacial score (nSPS) is 11.9. The minimum atomic E-state index is -0.276. The van der Waals surface area contributed by atoms with E-state index >= 15 is 0 Å². The Balaban J connectivity index is 2.39. The molecule has 1 aromatic carbocycles. The van der Waals surface area contributed by atoms with Crippen LogP contribution in [0.15, 0.2) is 41.7 Å². The van der Waals surface area contributed by atoms with Crippen molar-refractivity contribution in [2.75, 3.05) is 5.43 Å². The van der Waals surface area contributed by atoms with Gasteiger partial charge < -0.3 is 5.43 Å². The number of aromatic amines is 1. The molecule has 1 unspecified atom stereocenters. The van der Waals surface area contributed by atoms with E-state index in [1.54, 1.807) is 25.1 Å². The zero-order chi connectivity index (χ0) is 15.4. The third kappa shape index (κ3) is 3.59. The highest BCUT2D eigenvalue weighted by Gasteiger charge is 2.12. The average molecular weight is 323 g/mol. The second-order valence-electron chi connectivity index (χ2n) is 4.51. The minimum absolute atomic E-state index is 0.144. The number of hydrogen-bond acceptors (Lipinski definition) is 4. The SMILES string of the molecule is C=CCC(Nn1c(=S)[nH]nc(C)c1=O)c1ccc(Cl)cc1. The van der Waals surface area contributed by atoms with Crippen molar-refractivity contribution in [2.45, 2.75) is 19.4 Å². The Morgan fingerprint density at radius 2 is 2.19 bits per heavy atom. The Bertz CT molecular complexity index is 751. The van der Waals surface area contributed by atoms with Crippen LogP contribution >= 0.6 is 23.8 Å². The topological polar surface area (TPSA) is 62.7 Å². The summed E-state index contributed by atoms with van der Waals surface area (Å²) in [6.07, 6.45) is 2.41. The van der Waals surface area contributed by atoms with Crippen LogP contribution in [0.3, 0.4) is 0 Å². The molecule has 0 aliphatic rings. The van der Waals surface area contributed by atoms with Gasteiger partial charge in [0.2, 0.25) is 4.77 Å². The van der Waals surface area contributed by atoms with E-state index in [1.807, 2.05) is 12.1 Å². The van der Waals surface area contributed by atoms with Crippen LogP contribution in [0.5, 0.6) is 0 Å². The number of H-pyrrole nitrogens is 1. The molecule has 2 N–H and O–H groups in total. The van der Waals surface area contributed by atoms with Gasteiger partial charge in [-0.3, -0.25) is 9.89 Å². The highest BCUT2D eigenvalue weighted by molar-refractivity contribution is 7.71. The minimum Gasteiger partial charge on any atom is -0.313 e. The number of halogens is 1. The second kappa shape index (κ2) is 6.69. The fourth-order valence-corrected chi connectivity index (χ4v) is 2.19. The third-order valence-corrected chi connectivity index (χ3v) is 3.52. The summed E-state index contributed by atoms with van der Waals surface area (Å²) >= 11 is 11.0. The van der Waals surface area contributed by atoms with E-state index in [0.717, 1.165) is 5.56 Å². The van der Waals surface area contributed by atoms with Crippen LogP contribution in [0.25, 0.3) is 0 Å². The Labute approximate surface area is 132 Å². The molecular weight excluding hydrogens is 308 g/mol. The summed E-state index contributed by atoms with van der Waals surface area (Å²) < 4.78 is 1.51. The number of nitrogens with zero attached hydrogens (tertiary/aromatic N) is 2. The molecule has 1 aromatic heterocycles. The lowest BCUT2D eigenvalue weighted by Crippen LogP contribution is -2.34. The standard InChI is InChI=1S/C14H15ClN4OS/c1-3-4-12(10-5-7-11(15)8-6-10)18-19-13(20)9(2)16-17-14(19)21/h3,5-8,12,18H,1,4H2,2H3,(H,17,21). The van der Waals surface area contributed by atoms with E-state index in [2.05, 4.69) is 22.2 Å². The number of hydrogen-bond donors (Lipinski definition) is 2. The Kier molecular flexibility index (Phi) is 4.93. The number of aryl methyl sites for hydroxylation is 1. The molecule has 0 fully saturated rings. The fourth-order valence-electron chi connectivity index (χ4n) is 1.88. The smallest absolute Gasteiger partial charge is 0.294 e. The molecule has 0 saturated heterocycles. The van der Waals surface area contributed by atoms with Gasteiger partial charge in [-0.1, -0.05) is 29.8 Å². The summed E-state index contributed by atoms with van der Waals surface area (Å²) in [5, 5.41) is 7.13. The lowest BCUT2D eigenvalue weighted by Gasteiger charge is -2.20. The molecule has 0 spiro atoms. The van der Waals surface area contributed by atoms with Gasteiger partial charge in [0.1, 0.15) is 5.69 Å². The third-order valence-electron chi connectivity index (χ3n) is 2.99. The van der Waals surface area contributed by atoms with Crippen molar-refractivity contribution in [1.82, 2.24) is 14.9 Å². The van der Waals surface area contributed by atoms with Crippen molar-refractivity contribution in [3.8, 4) is 0 Å². The Morgan fingerprint density at radius 1 is 1.52 bits per heavy atom. The number of benzene rings is 1. The van der Waals surface area contributed by atoms with Gasteiger partial charge in [0.05, 0.1) is 6.04 Å². The average Bonchev–Trinajstić information content (AvgIpc) is 2.47. The number of aromatic nitrogens is 3. The Morgan fingerprint density at radius 3 is 2.81 bits per heavy atom. The van der Waals surface area contributed by atoms with E-state index < -0.39 is 0 Å². The molecule has 0 aliphatic carbocycles. The predicted octanol–water partition coefficient (Wildman–Crippen LogP) is 3.12. The van der Waals surface area contributed by atoms with Crippen molar-refractivity contribution >= 4 is 23.8 Å². The molecule has 0 aliphatic heterocycles. The molecular formula is C14H15ClN4OS. The van der Waals surface area contributed by atoms with Gasteiger partial charge in [0.15, 0.2) is 0 Å². The molecule has 110 valence electrons. The van der Waals surface area contributed by atoms with Crippen molar-refractivity contribution < 1.29 is 0 Å². The van der Waals surface area contributed by atoms with Crippen LogP contribution < -0.4 is 11.0 Å². The van der Waals surface area contributed by atoms with E-state index in [1.165, 1.54) is 4.68 Å². The van der Waals surface area contributed by atoms with E-state index in [9.17, 15) is 4.79 Å². The van der Waals surface area contributed by atoms with Crippen LogP contribution in [0.2, 0.25) is 5.02 Å². The van der Waals surface area contributed by atoms with E-state index in [-0.39, 0.29) is 16.4 Å².